The van der Waals surface area contributed by atoms with Crippen molar-refractivity contribution in [1.82, 2.24) is 5.32 Å². The van der Waals surface area contributed by atoms with Gasteiger partial charge in [0.1, 0.15) is 5.75 Å². The molecule has 0 aliphatic heterocycles. The summed E-state index contributed by atoms with van der Waals surface area (Å²) in [6, 6.07) is 6.43. The Kier molecular flexibility index (Phi) is 5.80. The van der Waals surface area contributed by atoms with Crippen molar-refractivity contribution in [2.75, 3.05) is 20.8 Å². The SMILES string of the molecule is COC[C@@H](C)NCc1ccc(OC)c(Br)c1. The van der Waals surface area contributed by atoms with E-state index in [2.05, 4.69) is 40.3 Å². The number of methoxy groups -OCH3 is 2. The molecule has 1 rings (SSSR count). The number of halogens is 1. The summed E-state index contributed by atoms with van der Waals surface area (Å²) in [5.41, 5.74) is 1.22. The first-order valence-electron chi connectivity index (χ1n) is 5.22. The predicted octanol–water partition coefficient (Wildman–Crippen LogP) is 2.58. The van der Waals surface area contributed by atoms with Crippen LogP contribution < -0.4 is 10.1 Å². The summed E-state index contributed by atoms with van der Waals surface area (Å²) < 4.78 is 11.2. The Morgan fingerprint density at radius 2 is 2.12 bits per heavy atom. The van der Waals surface area contributed by atoms with E-state index in [9.17, 15) is 0 Å². The molecular formula is C12H18BrNO2. The van der Waals surface area contributed by atoms with Crippen LogP contribution in [0.4, 0.5) is 0 Å². The maximum atomic E-state index is 5.18. The van der Waals surface area contributed by atoms with Crippen molar-refractivity contribution in [3.63, 3.8) is 0 Å². The largest absolute Gasteiger partial charge is 0.496 e. The second-order valence-electron chi connectivity index (χ2n) is 3.71. The van der Waals surface area contributed by atoms with Crippen LogP contribution in [0.15, 0.2) is 22.7 Å². The Hall–Kier alpha value is -0.580. The molecule has 1 N–H and O–H groups in total. The lowest BCUT2D eigenvalue weighted by atomic mass is 10.2. The van der Waals surface area contributed by atoms with Crippen molar-refractivity contribution in [3.05, 3.63) is 28.2 Å². The highest BCUT2D eigenvalue weighted by molar-refractivity contribution is 9.10. The number of ether oxygens (including phenoxy) is 2. The summed E-state index contributed by atoms with van der Waals surface area (Å²) in [7, 11) is 3.38. The minimum Gasteiger partial charge on any atom is -0.496 e. The molecular weight excluding hydrogens is 270 g/mol. The third-order valence-electron chi connectivity index (χ3n) is 2.29. The predicted molar refractivity (Wildman–Crippen MR) is 68.9 cm³/mol. The third kappa shape index (κ3) is 4.12. The highest BCUT2D eigenvalue weighted by Crippen LogP contribution is 2.25. The van der Waals surface area contributed by atoms with E-state index in [1.807, 2.05) is 6.07 Å². The molecule has 1 aromatic rings. The molecule has 0 radical (unpaired) electrons. The molecule has 1 aromatic carbocycles. The Morgan fingerprint density at radius 1 is 1.38 bits per heavy atom. The molecule has 4 heteroatoms. The van der Waals surface area contributed by atoms with Crippen LogP contribution in [-0.2, 0) is 11.3 Å². The van der Waals surface area contributed by atoms with Crippen LogP contribution in [0.2, 0.25) is 0 Å². The lowest BCUT2D eigenvalue weighted by molar-refractivity contribution is 0.171. The second kappa shape index (κ2) is 6.89. The highest BCUT2D eigenvalue weighted by atomic mass is 79.9. The van der Waals surface area contributed by atoms with Gasteiger partial charge in [-0.2, -0.15) is 0 Å². The van der Waals surface area contributed by atoms with Crippen molar-refractivity contribution in [3.8, 4) is 5.75 Å². The molecule has 0 saturated heterocycles. The van der Waals surface area contributed by atoms with Crippen LogP contribution in [0.5, 0.6) is 5.75 Å². The Bertz CT molecular complexity index is 331. The van der Waals surface area contributed by atoms with Gasteiger partial charge in [-0.15, -0.1) is 0 Å². The zero-order valence-corrected chi connectivity index (χ0v) is 11.5. The van der Waals surface area contributed by atoms with Crippen LogP contribution in [-0.4, -0.2) is 26.9 Å². The molecule has 0 amide bonds. The Morgan fingerprint density at radius 3 is 2.69 bits per heavy atom. The number of hydrogen-bond acceptors (Lipinski definition) is 3. The van der Waals surface area contributed by atoms with Crippen molar-refractivity contribution < 1.29 is 9.47 Å². The monoisotopic (exact) mass is 287 g/mol. The number of rotatable bonds is 6. The Labute approximate surface area is 105 Å². The van der Waals surface area contributed by atoms with E-state index in [4.69, 9.17) is 9.47 Å². The van der Waals surface area contributed by atoms with E-state index in [0.29, 0.717) is 6.04 Å². The average molecular weight is 288 g/mol. The van der Waals surface area contributed by atoms with Crippen LogP contribution in [0.1, 0.15) is 12.5 Å². The normalized spacial score (nSPS) is 12.5. The molecule has 0 aliphatic carbocycles. The molecule has 90 valence electrons. The molecule has 0 aliphatic rings. The minimum absolute atomic E-state index is 0.353. The Balaban J connectivity index is 2.51. The summed E-state index contributed by atoms with van der Waals surface area (Å²) >= 11 is 3.47. The van der Waals surface area contributed by atoms with Gasteiger partial charge < -0.3 is 14.8 Å². The first kappa shape index (κ1) is 13.5. The smallest absolute Gasteiger partial charge is 0.133 e. The lowest BCUT2D eigenvalue weighted by Crippen LogP contribution is -2.29. The molecule has 1 atom stereocenters. The highest BCUT2D eigenvalue weighted by Gasteiger charge is 2.03. The fourth-order valence-electron chi connectivity index (χ4n) is 1.42. The lowest BCUT2D eigenvalue weighted by Gasteiger charge is -2.13. The fourth-order valence-corrected chi connectivity index (χ4v) is 2.01. The van der Waals surface area contributed by atoms with Gasteiger partial charge in [0, 0.05) is 19.7 Å². The van der Waals surface area contributed by atoms with Gasteiger partial charge in [-0.05, 0) is 40.5 Å². The van der Waals surface area contributed by atoms with Gasteiger partial charge in [-0.3, -0.25) is 0 Å². The maximum Gasteiger partial charge on any atom is 0.133 e. The van der Waals surface area contributed by atoms with Crippen LogP contribution >= 0.6 is 15.9 Å². The van der Waals surface area contributed by atoms with E-state index in [-0.39, 0.29) is 0 Å². The van der Waals surface area contributed by atoms with E-state index in [1.54, 1.807) is 14.2 Å². The quantitative estimate of drug-likeness (QED) is 0.872. The van der Waals surface area contributed by atoms with Gasteiger partial charge in [0.2, 0.25) is 0 Å². The molecule has 0 fully saturated rings. The van der Waals surface area contributed by atoms with E-state index in [0.717, 1.165) is 23.4 Å². The molecule has 0 bridgehead atoms. The van der Waals surface area contributed by atoms with Crippen LogP contribution in [0.3, 0.4) is 0 Å². The first-order chi connectivity index (χ1) is 7.67. The second-order valence-corrected chi connectivity index (χ2v) is 4.56. The minimum atomic E-state index is 0.353. The first-order valence-corrected chi connectivity index (χ1v) is 6.01. The molecule has 0 aromatic heterocycles. The fraction of sp³-hybridized carbons (Fsp3) is 0.500. The van der Waals surface area contributed by atoms with E-state index >= 15 is 0 Å². The van der Waals surface area contributed by atoms with Crippen LogP contribution in [0.25, 0.3) is 0 Å². The van der Waals surface area contributed by atoms with Crippen molar-refractivity contribution in [1.29, 1.82) is 0 Å². The van der Waals surface area contributed by atoms with Crippen LogP contribution in [0, 0.1) is 0 Å². The topological polar surface area (TPSA) is 30.5 Å². The van der Waals surface area contributed by atoms with E-state index < -0.39 is 0 Å². The number of benzene rings is 1. The zero-order valence-electron chi connectivity index (χ0n) is 9.92. The summed E-state index contributed by atoms with van der Waals surface area (Å²) in [6.07, 6.45) is 0. The molecule has 0 spiro atoms. The van der Waals surface area contributed by atoms with Gasteiger partial charge in [0.05, 0.1) is 18.2 Å². The average Bonchev–Trinajstić information content (AvgIpc) is 2.27. The molecule has 3 nitrogen and oxygen atoms in total. The van der Waals surface area contributed by atoms with Gasteiger partial charge >= 0.3 is 0 Å². The molecule has 0 saturated carbocycles. The third-order valence-corrected chi connectivity index (χ3v) is 2.91. The van der Waals surface area contributed by atoms with Gasteiger partial charge in [-0.25, -0.2) is 0 Å². The number of nitrogens with one attached hydrogen (secondary N) is 1. The summed E-state index contributed by atoms with van der Waals surface area (Å²) in [6.45, 7) is 3.65. The van der Waals surface area contributed by atoms with Gasteiger partial charge in [-0.1, -0.05) is 6.07 Å². The molecule has 16 heavy (non-hydrogen) atoms. The van der Waals surface area contributed by atoms with Gasteiger partial charge in [0.25, 0.3) is 0 Å². The summed E-state index contributed by atoms with van der Waals surface area (Å²) in [4.78, 5) is 0. The molecule has 0 unspecified atom stereocenters. The standard InChI is InChI=1S/C12H18BrNO2/c1-9(8-15-2)14-7-10-4-5-12(16-3)11(13)6-10/h4-6,9,14H,7-8H2,1-3H3/t9-/m1/s1. The van der Waals surface area contributed by atoms with Crippen molar-refractivity contribution in [2.24, 2.45) is 0 Å². The number of hydrogen-bond donors (Lipinski definition) is 1. The van der Waals surface area contributed by atoms with Crippen molar-refractivity contribution in [2.45, 2.75) is 19.5 Å². The van der Waals surface area contributed by atoms with E-state index in [1.165, 1.54) is 5.56 Å². The van der Waals surface area contributed by atoms with Crippen molar-refractivity contribution >= 4 is 15.9 Å². The summed E-state index contributed by atoms with van der Waals surface area (Å²) in [5, 5.41) is 3.38. The zero-order chi connectivity index (χ0) is 12.0. The maximum absolute atomic E-state index is 5.18. The molecule has 0 heterocycles. The summed E-state index contributed by atoms with van der Waals surface area (Å²) in [5.74, 6) is 0.855. The van der Waals surface area contributed by atoms with Gasteiger partial charge in [0.15, 0.2) is 0 Å².